The van der Waals surface area contributed by atoms with Crippen molar-refractivity contribution in [3.05, 3.63) is 29.3 Å². The van der Waals surface area contributed by atoms with Crippen LogP contribution in [0.25, 0.3) is 0 Å². The van der Waals surface area contributed by atoms with E-state index in [-0.39, 0.29) is 5.41 Å². The monoisotopic (exact) mass is 262 g/mol. The number of phenolic OH excluding ortho intramolecular Hbond substituents is 1. The molecule has 0 radical (unpaired) electrons. The first-order valence-electron chi connectivity index (χ1n) is 7.77. The Morgan fingerprint density at radius 2 is 1.58 bits per heavy atom. The van der Waals surface area contributed by atoms with Crippen LogP contribution < -0.4 is 0 Å². The average Bonchev–Trinajstić information content (AvgIpc) is 2.34. The summed E-state index contributed by atoms with van der Waals surface area (Å²) in [7, 11) is 0. The molecule has 1 N–H and O–H groups in total. The van der Waals surface area contributed by atoms with Gasteiger partial charge in [0.1, 0.15) is 5.75 Å². The number of hydrogen-bond donors (Lipinski definition) is 1. The number of benzene rings is 1. The van der Waals surface area contributed by atoms with E-state index in [4.69, 9.17) is 0 Å². The first kappa shape index (κ1) is 16.1. The third-order valence-electron chi connectivity index (χ3n) is 3.75. The van der Waals surface area contributed by atoms with Crippen molar-refractivity contribution in [1.82, 2.24) is 0 Å². The molecule has 1 aromatic carbocycles. The highest BCUT2D eigenvalue weighted by molar-refractivity contribution is 5.38. The van der Waals surface area contributed by atoms with Gasteiger partial charge in [-0.3, -0.25) is 0 Å². The highest BCUT2D eigenvalue weighted by Gasteiger charge is 2.15. The van der Waals surface area contributed by atoms with Crippen molar-refractivity contribution in [3.63, 3.8) is 0 Å². The maximum absolute atomic E-state index is 9.94. The first-order valence-corrected chi connectivity index (χ1v) is 7.77. The molecule has 0 aliphatic carbocycles. The molecule has 0 spiro atoms. The van der Waals surface area contributed by atoms with Crippen LogP contribution in [0.15, 0.2) is 18.2 Å². The van der Waals surface area contributed by atoms with E-state index in [1.807, 2.05) is 12.1 Å². The molecular formula is C18H30O. The van der Waals surface area contributed by atoms with Crippen molar-refractivity contribution in [2.24, 2.45) is 0 Å². The number of aromatic hydroxyl groups is 1. The summed E-state index contributed by atoms with van der Waals surface area (Å²) in [5.74, 6) is 0.460. The van der Waals surface area contributed by atoms with E-state index >= 15 is 0 Å². The van der Waals surface area contributed by atoms with Crippen LogP contribution in [0.2, 0.25) is 0 Å². The van der Waals surface area contributed by atoms with E-state index in [1.165, 1.54) is 44.1 Å². The second-order valence-electron chi connectivity index (χ2n) is 6.61. The quantitative estimate of drug-likeness (QED) is 0.635. The number of hydrogen-bond acceptors (Lipinski definition) is 1. The normalized spacial score (nSPS) is 11.8. The maximum Gasteiger partial charge on any atom is 0.118 e. The van der Waals surface area contributed by atoms with Gasteiger partial charge in [0.15, 0.2) is 0 Å². The summed E-state index contributed by atoms with van der Waals surface area (Å²) in [4.78, 5) is 0. The Morgan fingerprint density at radius 3 is 2.21 bits per heavy atom. The second kappa shape index (κ2) is 7.57. The zero-order chi connectivity index (χ0) is 14.3. The van der Waals surface area contributed by atoms with Crippen LogP contribution in [-0.2, 0) is 11.8 Å². The second-order valence-corrected chi connectivity index (χ2v) is 6.61. The largest absolute Gasteiger partial charge is 0.508 e. The Hall–Kier alpha value is -0.980. The number of rotatable bonds is 7. The first-order chi connectivity index (χ1) is 8.95. The van der Waals surface area contributed by atoms with Gasteiger partial charge in [0, 0.05) is 0 Å². The Morgan fingerprint density at radius 1 is 0.947 bits per heavy atom. The molecule has 0 fully saturated rings. The third-order valence-corrected chi connectivity index (χ3v) is 3.75. The van der Waals surface area contributed by atoms with Gasteiger partial charge in [-0.15, -0.1) is 0 Å². The van der Waals surface area contributed by atoms with E-state index in [9.17, 15) is 5.11 Å². The Balaban J connectivity index is 2.49. The van der Waals surface area contributed by atoms with Gasteiger partial charge in [-0.05, 0) is 35.4 Å². The molecule has 0 aliphatic rings. The minimum Gasteiger partial charge on any atom is -0.508 e. The molecule has 0 saturated carbocycles. The molecule has 0 aromatic heterocycles. The molecule has 1 heteroatoms. The molecule has 0 bridgehead atoms. The molecule has 1 nitrogen and oxygen atoms in total. The Bertz CT molecular complexity index is 374. The van der Waals surface area contributed by atoms with Gasteiger partial charge in [0.2, 0.25) is 0 Å². The zero-order valence-corrected chi connectivity index (χ0v) is 13.1. The van der Waals surface area contributed by atoms with Gasteiger partial charge in [-0.25, -0.2) is 0 Å². The van der Waals surface area contributed by atoms with Crippen LogP contribution in [0.4, 0.5) is 0 Å². The van der Waals surface area contributed by atoms with Crippen molar-refractivity contribution in [1.29, 1.82) is 0 Å². The van der Waals surface area contributed by atoms with Crippen LogP contribution in [0.5, 0.6) is 5.75 Å². The molecule has 0 saturated heterocycles. The van der Waals surface area contributed by atoms with Crippen LogP contribution in [-0.4, -0.2) is 5.11 Å². The molecule has 0 aliphatic heterocycles. The van der Waals surface area contributed by atoms with E-state index in [1.54, 1.807) is 0 Å². The van der Waals surface area contributed by atoms with Crippen LogP contribution in [0.3, 0.4) is 0 Å². The molecule has 1 rings (SSSR count). The van der Waals surface area contributed by atoms with Gasteiger partial charge in [0.05, 0.1) is 0 Å². The third kappa shape index (κ3) is 5.67. The van der Waals surface area contributed by atoms with Gasteiger partial charge in [-0.2, -0.15) is 0 Å². The average molecular weight is 262 g/mol. The number of phenols is 1. The molecule has 0 atom stereocenters. The standard InChI is InChI=1S/C18H30O/c1-5-6-7-8-9-10-11-15-14-16(18(2,3)4)12-13-17(15)19/h12-14,19H,5-11H2,1-4H3. The molecule has 108 valence electrons. The van der Waals surface area contributed by atoms with Gasteiger partial charge < -0.3 is 5.11 Å². The van der Waals surface area contributed by atoms with Crippen molar-refractivity contribution >= 4 is 0 Å². The van der Waals surface area contributed by atoms with E-state index in [0.29, 0.717) is 5.75 Å². The summed E-state index contributed by atoms with van der Waals surface area (Å²) >= 11 is 0. The van der Waals surface area contributed by atoms with E-state index in [0.717, 1.165) is 12.0 Å². The fourth-order valence-electron chi connectivity index (χ4n) is 2.35. The van der Waals surface area contributed by atoms with Crippen LogP contribution in [0, 0.1) is 0 Å². The van der Waals surface area contributed by atoms with E-state index < -0.39 is 0 Å². The lowest BCUT2D eigenvalue weighted by molar-refractivity contribution is 0.464. The number of unbranched alkanes of at least 4 members (excludes halogenated alkanes) is 5. The highest BCUT2D eigenvalue weighted by atomic mass is 16.3. The van der Waals surface area contributed by atoms with Crippen molar-refractivity contribution in [2.45, 2.75) is 78.1 Å². The number of aryl methyl sites for hydroxylation is 1. The van der Waals surface area contributed by atoms with Crippen LogP contribution in [0.1, 0.15) is 77.3 Å². The predicted octanol–water partition coefficient (Wildman–Crippen LogP) is 5.59. The summed E-state index contributed by atoms with van der Waals surface area (Å²) in [5, 5.41) is 9.94. The predicted molar refractivity (Wildman–Crippen MR) is 83.9 cm³/mol. The Labute approximate surface area is 119 Å². The molecule has 19 heavy (non-hydrogen) atoms. The molecule has 1 aromatic rings. The lowest BCUT2D eigenvalue weighted by atomic mass is 9.85. The zero-order valence-electron chi connectivity index (χ0n) is 13.1. The van der Waals surface area contributed by atoms with Gasteiger partial charge in [-0.1, -0.05) is 71.9 Å². The van der Waals surface area contributed by atoms with Crippen LogP contribution >= 0.6 is 0 Å². The molecule has 0 heterocycles. The van der Waals surface area contributed by atoms with Crippen molar-refractivity contribution < 1.29 is 5.11 Å². The fraction of sp³-hybridized carbons (Fsp3) is 0.667. The minimum atomic E-state index is 0.156. The van der Waals surface area contributed by atoms with Gasteiger partial charge >= 0.3 is 0 Å². The summed E-state index contributed by atoms with van der Waals surface area (Å²) in [6.07, 6.45) is 8.79. The summed E-state index contributed by atoms with van der Waals surface area (Å²) in [6.45, 7) is 8.89. The molecule has 0 unspecified atom stereocenters. The lowest BCUT2D eigenvalue weighted by Crippen LogP contribution is -2.11. The fourth-order valence-corrected chi connectivity index (χ4v) is 2.35. The van der Waals surface area contributed by atoms with E-state index in [2.05, 4.69) is 33.8 Å². The Kier molecular flexibility index (Phi) is 6.41. The molecular weight excluding hydrogens is 232 g/mol. The summed E-state index contributed by atoms with van der Waals surface area (Å²) in [6, 6.07) is 6.08. The van der Waals surface area contributed by atoms with Crippen molar-refractivity contribution in [2.75, 3.05) is 0 Å². The smallest absolute Gasteiger partial charge is 0.118 e. The lowest BCUT2D eigenvalue weighted by Gasteiger charge is -2.20. The maximum atomic E-state index is 9.94. The van der Waals surface area contributed by atoms with Crippen molar-refractivity contribution in [3.8, 4) is 5.75 Å². The summed E-state index contributed by atoms with van der Waals surface area (Å²) in [5.41, 5.74) is 2.58. The topological polar surface area (TPSA) is 20.2 Å². The summed E-state index contributed by atoms with van der Waals surface area (Å²) < 4.78 is 0. The highest BCUT2D eigenvalue weighted by Crippen LogP contribution is 2.28. The minimum absolute atomic E-state index is 0.156. The SMILES string of the molecule is CCCCCCCCc1cc(C(C)(C)C)ccc1O. The van der Waals surface area contributed by atoms with Gasteiger partial charge in [0.25, 0.3) is 0 Å². The molecule has 0 amide bonds.